The SMILES string of the molecule is COc1ccc(C=CC(=O)Nc2ccc(OCc3nccn3C)cc2)cc1. The number of nitrogens with one attached hydrogen (secondary N) is 1. The summed E-state index contributed by atoms with van der Waals surface area (Å²) in [5, 5.41) is 2.82. The van der Waals surface area contributed by atoms with Crippen LogP contribution in [0.15, 0.2) is 67.0 Å². The zero-order valence-corrected chi connectivity index (χ0v) is 15.3. The standard InChI is InChI=1S/C21H21N3O3/c1-24-14-13-22-20(24)15-27-19-10-6-17(7-11-19)23-21(25)12-5-16-3-8-18(26-2)9-4-16/h3-14H,15H2,1-2H3,(H,23,25). The minimum Gasteiger partial charge on any atom is -0.497 e. The molecule has 1 amide bonds. The number of aromatic nitrogens is 2. The minimum atomic E-state index is -0.201. The molecule has 138 valence electrons. The summed E-state index contributed by atoms with van der Waals surface area (Å²) in [5.41, 5.74) is 1.62. The van der Waals surface area contributed by atoms with Gasteiger partial charge in [0.25, 0.3) is 0 Å². The smallest absolute Gasteiger partial charge is 0.248 e. The molecule has 0 radical (unpaired) electrons. The summed E-state index contributed by atoms with van der Waals surface area (Å²) >= 11 is 0. The molecule has 0 aliphatic rings. The van der Waals surface area contributed by atoms with Crippen molar-refractivity contribution in [3.05, 3.63) is 78.4 Å². The molecule has 0 saturated carbocycles. The molecule has 0 aliphatic carbocycles. The van der Waals surface area contributed by atoms with E-state index >= 15 is 0 Å². The van der Waals surface area contributed by atoms with Gasteiger partial charge in [0, 0.05) is 31.2 Å². The molecule has 27 heavy (non-hydrogen) atoms. The molecule has 6 heteroatoms. The molecule has 0 saturated heterocycles. The Morgan fingerprint density at radius 3 is 2.44 bits per heavy atom. The molecule has 6 nitrogen and oxygen atoms in total. The van der Waals surface area contributed by atoms with E-state index in [1.165, 1.54) is 6.08 Å². The molecule has 0 atom stereocenters. The lowest BCUT2D eigenvalue weighted by Crippen LogP contribution is -2.07. The van der Waals surface area contributed by atoms with Gasteiger partial charge >= 0.3 is 0 Å². The van der Waals surface area contributed by atoms with Gasteiger partial charge in [-0.3, -0.25) is 4.79 Å². The summed E-state index contributed by atoms with van der Waals surface area (Å²) in [6, 6.07) is 14.7. The third-order valence-corrected chi connectivity index (χ3v) is 3.95. The van der Waals surface area contributed by atoms with Crippen LogP contribution in [-0.2, 0) is 18.4 Å². The number of imidazole rings is 1. The van der Waals surface area contributed by atoms with Gasteiger partial charge in [0.15, 0.2) is 0 Å². The number of nitrogens with zero attached hydrogens (tertiary/aromatic N) is 2. The van der Waals surface area contributed by atoms with Crippen LogP contribution < -0.4 is 14.8 Å². The maximum Gasteiger partial charge on any atom is 0.248 e. The Kier molecular flexibility index (Phi) is 5.89. The maximum atomic E-state index is 12.0. The molecule has 3 aromatic rings. The molecular weight excluding hydrogens is 342 g/mol. The first-order valence-corrected chi connectivity index (χ1v) is 8.46. The van der Waals surface area contributed by atoms with Crippen molar-refractivity contribution in [3.8, 4) is 11.5 Å². The minimum absolute atomic E-state index is 0.201. The Bertz CT molecular complexity index is 913. The highest BCUT2D eigenvalue weighted by Crippen LogP contribution is 2.17. The third-order valence-electron chi connectivity index (χ3n) is 3.95. The van der Waals surface area contributed by atoms with E-state index in [1.54, 1.807) is 31.5 Å². The van der Waals surface area contributed by atoms with Gasteiger partial charge in [0.2, 0.25) is 5.91 Å². The number of methoxy groups -OCH3 is 1. The van der Waals surface area contributed by atoms with Gasteiger partial charge in [-0.15, -0.1) is 0 Å². The number of carbonyl (C=O) groups is 1. The van der Waals surface area contributed by atoms with Gasteiger partial charge in [-0.05, 0) is 48.0 Å². The second-order valence-corrected chi connectivity index (χ2v) is 5.86. The number of aryl methyl sites for hydroxylation is 1. The predicted octanol–water partition coefficient (Wildman–Crippen LogP) is 3.66. The van der Waals surface area contributed by atoms with Crippen molar-refractivity contribution in [1.82, 2.24) is 9.55 Å². The molecule has 0 unspecified atom stereocenters. The molecular formula is C21H21N3O3. The van der Waals surface area contributed by atoms with Crippen LogP contribution in [0, 0.1) is 0 Å². The summed E-state index contributed by atoms with van der Waals surface area (Å²) in [7, 11) is 3.54. The highest BCUT2D eigenvalue weighted by Gasteiger charge is 2.02. The van der Waals surface area contributed by atoms with E-state index in [0.717, 1.165) is 17.1 Å². The first-order chi connectivity index (χ1) is 13.1. The predicted molar refractivity (Wildman–Crippen MR) is 105 cm³/mol. The van der Waals surface area contributed by atoms with Crippen LogP contribution in [0.2, 0.25) is 0 Å². The number of carbonyl (C=O) groups excluding carboxylic acids is 1. The zero-order valence-electron chi connectivity index (χ0n) is 15.3. The van der Waals surface area contributed by atoms with E-state index in [2.05, 4.69) is 10.3 Å². The van der Waals surface area contributed by atoms with Crippen molar-refractivity contribution in [2.75, 3.05) is 12.4 Å². The van der Waals surface area contributed by atoms with Gasteiger partial charge < -0.3 is 19.4 Å². The lowest BCUT2D eigenvalue weighted by molar-refractivity contribution is -0.111. The first-order valence-electron chi connectivity index (χ1n) is 8.46. The topological polar surface area (TPSA) is 65.4 Å². The lowest BCUT2D eigenvalue weighted by Gasteiger charge is -2.07. The van der Waals surface area contributed by atoms with E-state index in [4.69, 9.17) is 9.47 Å². The fraction of sp³-hybridized carbons (Fsp3) is 0.143. The van der Waals surface area contributed by atoms with E-state index in [0.29, 0.717) is 18.0 Å². The largest absolute Gasteiger partial charge is 0.497 e. The Morgan fingerprint density at radius 2 is 1.81 bits per heavy atom. The van der Waals surface area contributed by atoms with Gasteiger partial charge in [-0.1, -0.05) is 12.1 Å². The Morgan fingerprint density at radius 1 is 1.11 bits per heavy atom. The number of rotatable bonds is 7. The average molecular weight is 363 g/mol. The van der Waals surface area contributed by atoms with Crippen LogP contribution in [0.1, 0.15) is 11.4 Å². The summed E-state index contributed by atoms with van der Waals surface area (Å²) in [6.45, 7) is 0.389. The summed E-state index contributed by atoms with van der Waals surface area (Å²) in [4.78, 5) is 16.3. The average Bonchev–Trinajstić information content (AvgIpc) is 3.11. The van der Waals surface area contributed by atoms with E-state index < -0.39 is 0 Å². The third kappa shape index (κ3) is 5.22. The molecule has 0 spiro atoms. The van der Waals surface area contributed by atoms with E-state index in [9.17, 15) is 4.79 Å². The van der Waals surface area contributed by atoms with Crippen LogP contribution >= 0.6 is 0 Å². The summed E-state index contributed by atoms with van der Waals surface area (Å²) in [6.07, 6.45) is 6.85. The van der Waals surface area contributed by atoms with Crippen LogP contribution in [0.25, 0.3) is 6.08 Å². The van der Waals surface area contributed by atoms with Crippen molar-refractivity contribution in [2.24, 2.45) is 7.05 Å². The van der Waals surface area contributed by atoms with Crippen LogP contribution in [0.3, 0.4) is 0 Å². The first kappa shape index (κ1) is 18.3. The number of amides is 1. The molecule has 3 rings (SSSR count). The van der Waals surface area contributed by atoms with Crippen LogP contribution in [0.5, 0.6) is 11.5 Å². The van der Waals surface area contributed by atoms with Crippen molar-refractivity contribution < 1.29 is 14.3 Å². The lowest BCUT2D eigenvalue weighted by atomic mass is 10.2. The molecule has 1 heterocycles. The van der Waals surface area contributed by atoms with Gasteiger partial charge in [-0.25, -0.2) is 4.98 Å². The van der Waals surface area contributed by atoms with Crippen molar-refractivity contribution in [3.63, 3.8) is 0 Å². The van der Waals surface area contributed by atoms with Crippen molar-refractivity contribution >= 4 is 17.7 Å². The summed E-state index contributed by atoms with van der Waals surface area (Å²) < 4.78 is 12.7. The Balaban J connectivity index is 1.51. The normalized spacial score (nSPS) is 10.7. The quantitative estimate of drug-likeness (QED) is 0.651. The van der Waals surface area contributed by atoms with Gasteiger partial charge in [0.05, 0.1) is 7.11 Å². The van der Waals surface area contributed by atoms with Gasteiger partial charge in [0.1, 0.15) is 23.9 Å². The molecule has 0 aliphatic heterocycles. The molecule has 1 N–H and O–H groups in total. The molecule has 2 aromatic carbocycles. The highest BCUT2D eigenvalue weighted by atomic mass is 16.5. The fourth-order valence-electron chi connectivity index (χ4n) is 2.39. The highest BCUT2D eigenvalue weighted by molar-refractivity contribution is 6.01. The fourth-order valence-corrected chi connectivity index (χ4v) is 2.39. The number of hydrogen-bond acceptors (Lipinski definition) is 4. The number of ether oxygens (including phenoxy) is 2. The molecule has 1 aromatic heterocycles. The molecule has 0 fully saturated rings. The number of anilines is 1. The second-order valence-electron chi connectivity index (χ2n) is 5.86. The Hall–Kier alpha value is -3.54. The van der Waals surface area contributed by atoms with Crippen LogP contribution in [0.4, 0.5) is 5.69 Å². The zero-order chi connectivity index (χ0) is 19.1. The number of hydrogen-bond donors (Lipinski definition) is 1. The van der Waals surface area contributed by atoms with Crippen LogP contribution in [-0.4, -0.2) is 22.6 Å². The monoisotopic (exact) mass is 363 g/mol. The summed E-state index contributed by atoms with van der Waals surface area (Å²) in [5.74, 6) is 2.13. The molecule has 0 bridgehead atoms. The Labute approximate surface area is 158 Å². The van der Waals surface area contributed by atoms with E-state index in [1.807, 2.05) is 54.2 Å². The van der Waals surface area contributed by atoms with Gasteiger partial charge in [-0.2, -0.15) is 0 Å². The second kappa shape index (κ2) is 8.71. The number of benzene rings is 2. The van der Waals surface area contributed by atoms with Crippen molar-refractivity contribution in [2.45, 2.75) is 6.61 Å². The maximum absolute atomic E-state index is 12.0. The van der Waals surface area contributed by atoms with E-state index in [-0.39, 0.29) is 5.91 Å². The van der Waals surface area contributed by atoms with Crippen molar-refractivity contribution in [1.29, 1.82) is 0 Å².